The molecule has 2 aromatic rings. The van der Waals surface area contributed by atoms with Gasteiger partial charge in [0.2, 0.25) is 0 Å². The van der Waals surface area contributed by atoms with Crippen molar-refractivity contribution in [2.45, 2.75) is 18.2 Å². The highest BCUT2D eigenvalue weighted by molar-refractivity contribution is 7.87. The molecular formula is C17H18O5S. The fourth-order valence-electron chi connectivity index (χ4n) is 1.96. The van der Waals surface area contributed by atoms with E-state index in [0.29, 0.717) is 12.2 Å². The molecule has 0 heterocycles. The molecule has 6 heteroatoms. The standard InChI is InChI=1S/C17H18O5S/c1-13(18)15-5-9-17(10-6-15)23(19,20)22-16-7-3-14(4-8-16)11-12-21-2/h3-10H,11-12H2,1-2H3. The van der Waals surface area contributed by atoms with E-state index in [2.05, 4.69) is 0 Å². The van der Waals surface area contributed by atoms with Gasteiger partial charge in [0.25, 0.3) is 0 Å². The molecule has 5 nitrogen and oxygen atoms in total. The summed E-state index contributed by atoms with van der Waals surface area (Å²) in [5, 5.41) is 0. The molecule has 0 aromatic heterocycles. The lowest BCUT2D eigenvalue weighted by molar-refractivity contribution is 0.101. The average molecular weight is 334 g/mol. The molecule has 0 amide bonds. The maximum atomic E-state index is 12.2. The van der Waals surface area contributed by atoms with Crippen LogP contribution in [0, 0.1) is 0 Å². The molecule has 0 saturated heterocycles. The van der Waals surface area contributed by atoms with E-state index in [-0.39, 0.29) is 16.4 Å². The molecule has 0 atom stereocenters. The first-order chi connectivity index (χ1) is 10.9. The Balaban J connectivity index is 2.12. The van der Waals surface area contributed by atoms with Gasteiger partial charge >= 0.3 is 10.1 Å². The monoisotopic (exact) mass is 334 g/mol. The van der Waals surface area contributed by atoms with Crippen LogP contribution in [0.1, 0.15) is 22.8 Å². The number of benzene rings is 2. The summed E-state index contributed by atoms with van der Waals surface area (Å²) < 4.78 is 34.5. The van der Waals surface area contributed by atoms with E-state index < -0.39 is 10.1 Å². The lowest BCUT2D eigenvalue weighted by Crippen LogP contribution is -2.10. The van der Waals surface area contributed by atoms with Crippen molar-refractivity contribution in [1.29, 1.82) is 0 Å². The zero-order valence-electron chi connectivity index (χ0n) is 13.0. The summed E-state index contributed by atoms with van der Waals surface area (Å²) >= 11 is 0. The quantitative estimate of drug-likeness (QED) is 0.575. The minimum atomic E-state index is -3.92. The maximum absolute atomic E-state index is 12.2. The van der Waals surface area contributed by atoms with E-state index in [1.807, 2.05) is 0 Å². The second-order valence-corrected chi connectivity index (χ2v) is 6.55. The second-order valence-electron chi connectivity index (χ2n) is 5.00. The van der Waals surface area contributed by atoms with E-state index in [0.717, 1.165) is 12.0 Å². The third kappa shape index (κ3) is 4.64. The molecule has 0 unspecified atom stereocenters. The van der Waals surface area contributed by atoms with Gasteiger partial charge in [0.15, 0.2) is 5.78 Å². The van der Waals surface area contributed by atoms with Crippen LogP contribution in [0.25, 0.3) is 0 Å². The Bertz CT molecular complexity index is 762. The minimum Gasteiger partial charge on any atom is -0.384 e. The number of rotatable bonds is 7. The number of carbonyl (C=O) groups is 1. The van der Waals surface area contributed by atoms with Crippen LogP contribution in [0.4, 0.5) is 0 Å². The van der Waals surface area contributed by atoms with Crippen molar-refractivity contribution in [2.24, 2.45) is 0 Å². The Hall–Kier alpha value is -2.18. The molecule has 0 aliphatic carbocycles. The van der Waals surface area contributed by atoms with Gasteiger partial charge in [-0.3, -0.25) is 4.79 Å². The summed E-state index contributed by atoms with van der Waals surface area (Å²) in [6.07, 6.45) is 0.746. The van der Waals surface area contributed by atoms with E-state index >= 15 is 0 Å². The Morgan fingerprint density at radius 1 is 1.00 bits per heavy atom. The van der Waals surface area contributed by atoms with Crippen molar-refractivity contribution in [1.82, 2.24) is 0 Å². The van der Waals surface area contributed by atoms with Gasteiger partial charge in [0.1, 0.15) is 10.6 Å². The third-order valence-electron chi connectivity index (χ3n) is 3.27. The summed E-state index contributed by atoms with van der Waals surface area (Å²) in [7, 11) is -2.30. The van der Waals surface area contributed by atoms with Crippen LogP contribution in [0.2, 0.25) is 0 Å². The summed E-state index contributed by atoms with van der Waals surface area (Å²) in [6, 6.07) is 12.4. The molecule has 0 fully saturated rings. The zero-order chi connectivity index (χ0) is 16.9. The number of carbonyl (C=O) groups excluding carboxylic acids is 1. The van der Waals surface area contributed by atoms with Crippen molar-refractivity contribution in [3.63, 3.8) is 0 Å². The summed E-state index contributed by atoms with van der Waals surface area (Å²) in [5.74, 6) is 0.114. The van der Waals surface area contributed by atoms with Crippen molar-refractivity contribution < 1.29 is 22.1 Å². The minimum absolute atomic E-state index is 0.00552. The van der Waals surface area contributed by atoms with Crippen LogP contribution >= 0.6 is 0 Å². The van der Waals surface area contributed by atoms with Crippen molar-refractivity contribution in [3.05, 3.63) is 59.7 Å². The van der Waals surface area contributed by atoms with Crippen LogP contribution in [0.15, 0.2) is 53.4 Å². The second kappa shape index (κ2) is 7.39. The first-order valence-electron chi connectivity index (χ1n) is 7.06. The van der Waals surface area contributed by atoms with Gasteiger partial charge in [-0.05, 0) is 43.2 Å². The molecule has 0 spiro atoms. The SMILES string of the molecule is COCCc1ccc(OS(=O)(=O)c2ccc(C(C)=O)cc2)cc1. The Labute approximate surface area is 136 Å². The normalized spacial score (nSPS) is 11.2. The first-order valence-corrected chi connectivity index (χ1v) is 8.46. The topological polar surface area (TPSA) is 69.7 Å². The highest BCUT2D eigenvalue weighted by atomic mass is 32.2. The lowest BCUT2D eigenvalue weighted by Gasteiger charge is -2.08. The maximum Gasteiger partial charge on any atom is 0.339 e. The summed E-state index contributed by atoms with van der Waals surface area (Å²) in [6.45, 7) is 2.02. The number of hydrogen-bond donors (Lipinski definition) is 0. The zero-order valence-corrected chi connectivity index (χ0v) is 13.8. The van der Waals surface area contributed by atoms with E-state index in [9.17, 15) is 13.2 Å². The molecule has 0 aliphatic rings. The molecule has 0 aliphatic heterocycles. The highest BCUT2D eigenvalue weighted by Crippen LogP contribution is 2.20. The van der Waals surface area contributed by atoms with Crippen LogP contribution < -0.4 is 4.18 Å². The summed E-state index contributed by atoms with van der Waals surface area (Å²) in [5.41, 5.74) is 1.48. The average Bonchev–Trinajstić information content (AvgIpc) is 2.54. The molecular weight excluding hydrogens is 316 g/mol. The molecule has 2 rings (SSSR count). The number of Topliss-reactive ketones (excluding diaryl/α,β-unsaturated/α-hetero) is 1. The van der Waals surface area contributed by atoms with Crippen molar-refractivity contribution >= 4 is 15.9 Å². The predicted molar refractivity (Wildman–Crippen MR) is 86.3 cm³/mol. The molecule has 0 bridgehead atoms. The van der Waals surface area contributed by atoms with Gasteiger partial charge in [-0.1, -0.05) is 24.3 Å². The largest absolute Gasteiger partial charge is 0.384 e. The molecule has 0 saturated carbocycles. The fraction of sp³-hybridized carbons (Fsp3) is 0.235. The van der Waals surface area contributed by atoms with E-state index in [1.165, 1.54) is 31.2 Å². The third-order valence-corrected chi connectivity index (χ3v) is 4.54. The molecule has 0 radical (unpaired) electrons. The molecule has 23 heavy (non-hydrogen) atoms. The van der Waals surface area contributed by atoms with Crippen LogP contribution in [0.5, 0.6) is 5.75 Å². The van der Waals surface area contributed by atoms with Gasteiger partial charge in [-0.15, -0.1) is 0 Å². The Morgan fingerprint density at radius 3 is 2.13 bits per heavy atom. The molecule has 2 aromatic carbocycles. The fourth-order valence-corrected chi connectivity index (χ4v) is 2.89. The number of methoxy groups -OCH3 is 1. The van der Waals surface area contributed by atoms with Crippen LogP contribution in [-0.4, -0.2) is 27.9 Å². The molecule has 0 N–H and O–H groups in total. The van der Waals surface area contributed by atoms with Crippen LogP contribution in [-0.2, 0) is 21.3 Å². The Kier molecular flexibility index (Phi) is 5.52. The summed E-state index contributed by atoms with van der Waals surface area (Å²) in [4.78, 5) is 11.2. The van der Waals surface area contributed by atoms with Gasteiger partial charge in [0, 0.05) is 12.7 Å². The first kappa shape index (κ1) is 17.2. The Morgan fingerprint density at radius 2 is 1.61 bits per heavy atom. The number of hydrogen-bond acceptors (Lipinski definition) is 5. The van der Waals surface area contributed by atoms with Crippen LogP contribution in [0.3, 0.4) is 0 Å². The smallest absolute Gasteiger partial charge is 0.339 e. The number of ether oxygens (including phenoxy) is 1. The van der Waals surface area contributed by atoms with E-state index in [1.54, 1.807) is 31.4 Å². The van der Waals surface area contributed by atoms with E-state index in [4.69, 9.17) is 8.92 Å². The predicted octanol–water partition coefficient (Wildman–Crippen LogP) is 2.85. The van der Waals surface area contributed by atoms with Crippen molar-refractivity contribution in [2.75, 3.05) is 13.7 Å². The highest BCUT2D eigenvalue weighted by Gasteiger charge is 2.17. The van der Waals surface area contributed by atoms with Gasteiger partial charge < -0.3 is 8.92 Å². The van der Waals surface area contributed by atoms with Crippen molar-refractivity contribution in [3.8, 4) is 5.75 Å². The number of ketones is 1. The van der Waals surface area contributed by atoms with Gasteiger partial charge in [-0.25, -0.2) is 0 Å². The molecule has 122 valence electrons. The van der Waals surface area contributed by atoms with Gasteiger partial charge in [-0.2, -0.15) is 8.42 Å². The lowest BCUT2D eigenvalue weighted by atomic mass is 10.1. The van der Waals surface area contributed by atoms with Gasteiger partial charge in [0.05, 0.1) is 6.61 Å².